The second-order valence-corrected chi connectivity index (χ2v) is 2.55. The molecule has 5 nitrogen and oxygen atoms in total. The lowest BCUT2D eigenvalue weighted by atomic mass is 10.1. The average molecular weight is 180 g/mol. The van der Waals surface area contributed by atoms with E-state index in [-0.39, 0.29) is 6.79 Å². The Balaban J connectivity index is 2.52. The Labute approximate surface area is 74.4 Å². The molecule has 1 heterocycles. The molecule has 13 heavy (non-hydrogen) atoms. The number of hydrogen-bond donors (Lipinski definition) is 2. The lowest BCUT2D eigenvalue weighted by Gasteiger charge is -2.02. The Kier molecular flexibility index (Phi) is 1.70. The summed E-state index contributed by atoms with van der Waals surface area (Å²) < 4.78 is 10.2. The highest BCUT2D eigenvalue weighted by molar-refractivity contribution is 5.90. The average Bonchev–Trinajstić information content (AvgIpc) is 2.58. The molecule has 0 amide bonds. The van der Waals surface area contributed by atoms with E-state index in [0.717, 1.165) is 0 Å². The summed E-state index contributed by atoms with van der Waals surface area (Å²) in [6.45, 7) is 0.180. The Morgan fingerprint density at radius 3 is 3.08 bits per heavy atom. The van der Waals surface area contributed by atoms with E-state index in [0.29, 0.717) is 22.7 Å². The van der Waals surface area contributed by atoms with Crippen LogP contribution in [0.1, 0.15) is 5.56 Å². The van der Waals surface area contributed by atoms with E-state index in [4.69, 9.17) is 20.4 Å². The number of hydrogen-bond acceptors (Lipinski definition) is 5. The molecule has 0 atom stereocenters. The van der Waals surface area contributed by atoms with E-state index in [1.165, 1.54) is 6.21 Å². The molecule has 1 aromatic rings. The van der Waals surface area contributed by atoms with Crippen LogP contribution in [-0.2, 0) is 0 Å². The molecule has 0 unspecified atom stereocenters. The van der Waals surface area contributed by atoms with E-state index in [1.807, 2.05) is 0 Å². The van der Waals surface area contributed by atoms with Crippen LogP contribution in [0.15, 0.2) is 17.3 Å². The number of ether oxygens (including phenoxy) is 2. The van der Waals surface area contributed by atoms with Gasteiger partial charge in [-0.05, 0) is 12.1 Å². The number of rotatable bonds is 1. The minimum atomic E-state index is 0.180. The summed E-state index contributed by atoms with van der Waals surface area (Å²) in [5, 5.41) is 11.2. The first-order valence-corrected chi connectivity index (χ1v) is 3.68. The van der Waals surface area contributed by atoms with Crippen LogP contribution in [0.25, 0.3) is 0 Å². The second kappa shape index (κ2) is 2.85. The normalized spacial score (nSPS) is 13.8. The van der Waals surface area contributed by atoms with Crippen LogP contribution in [-0.4, -0.2) is 18.2 Å². The predicted molar refractivity (Wildman–Crippen MR) is 46.4 cm³/mol. The van der Waals surface area contributed by atoms with E-state index in [1.54, 1.807) is 12.1 Å². The smallest absolute Gasteiger partial charge is 0.231 e. The summed E-state index contributed by atoms with van der Waals surface area (Å²) in [6.07, 6.45) is 1.25. The van der Waals surface area contributed by atoms with Crippen molar-refractivity contribution < 1.29 is 14.7 Å². The van der Waals surface area contributed by atoms with Crippen molar-refractivity contribution in [1.29, 1.82) is 0 Å². The van der Waals surface area contributed by atoms with Gasteiger partial charge in [0.1, 0.15) is 0 Å². The molecule has 0 spiro atoms. The van der Waals surface area contributed by atoms with Crippen molar-refractivity contribution in [2.75, 3.05) is 12.5 Å². The van der Waals surface area contributed by atoms with Gasteiger partial charge in [-0.3, -0.25) is 0 Å². The van der Waals surface area contributed by atoms with Crippen molar-refractivity contribution in [2.24, 2.45) is 5.16 Å². The van der Waals surface area contributed by atoms with Crippen molar-refractivity contribution in [2.45, 2.75) is 0 Å². The van der Waals surface area contributed by atoms with Gasteiger partial charge in [-0.15, -0.1) is 0 Å². The first-order chi connectivity index (χ1) is 6.33. The molecule has 68 valence electrons. The summed E-state index contributed by atoms with van der Waals surface area (Å²) >= 11 is 0. The van der Waals surface area contributed by atoms with Crippen LogP contribution in [0.3, 0.4) is 0 Å². The largest absolute Gasteiger partial charge is 0.454 e. The third-order valence-electron chi connectivity index (χ3n) is 1.81. The molecule has 0 radical (unpaired) electrons. The highest BCUT2D eigenvalue weighted by Crippen LogP contribution is 2.38. The number of nitrogens with zero attached hydrogens (tertiary/aromatic N) is 1. The molecular formula is C8H8N2O3. The number of benzene rings is 1. The fraction of sp³-hybridized carbons (Fsp3) is 0.125. The zero-order chi connectivity index (χ0) is 9.26. The quantitative estimate of drug-likeness (QED) is 0.290. The van der Waals surface area contributed by atoms with Gasteiger partial charge < -0.3 is 20.4 Å². The summed E-state index contributed by atoms with van der Waals surface area (Å²) in [5.41, 5.74) is 6.74. The molecule has 0 saturated carbocycles. The van der Waals surface area contributed by atoms with Crippen LogP contribution >= 0.6 is 0 Å². The molecule has 0 aliphatic carbocycles. The molecule has 3 N–H and O–H groups in total. The van der Waals surface area contributed by atoms with E-state index < -0.39 is 0 Å². The van der Waals surface area contributed by atoms with Crippen LogP contribution in [0.2, 0.25) is 0 Å². The van der Waals surface area contributed by atoms with Gasteiger partial charge in [-0.25, -0.2) is 0 Å². The molecule has 1 aliphatic rings. The molecule has 0 fully saturated rings. The third-order valence-corrected chi connectivity index (χ3v) is 1.81. The first-order valence-electron chi connectivity index (χ1n) is 3.68. The molecular weight excluding hydrogens is 172 g/mol. The van der Waals surface area contributed by atoms with Crippen molar-refractivity contribution in [3.8, 4) is 11.5 Å². The monoisotopic (exact) mass is 180 g/mol. The van der Waals surface area contributed by atoms with Crippen molar-refractivity contribution in [3.05, 3.63) is 17.7 Å². The van der Waals surface area contributed by atoms with Gasteiger partial charge in [0.05, 0.1) is 11.9 Å². The summed E-state index contributed by atoms with van der Waals surface area (Å²) in [4.78, 5) is 0. The van der Waals surface area contributed by atoms with Crippen LogP contribution in [0.5, 0.6) is 11.5 Å². The van der Waals surface area contributed by atoms with E-state index >= 15 is 0 Å². The van der Waals surface area contributed by atoms with Crippen LogP contribution < -0.4 is 15.2 Å². The molecule has 1 aromatic carbocycles. The molecule has 1 aliphatic heterocycles. The fourth-order valence-electron chi connectivity index (χ4n) is 1.18. The minimum Gasteiger partial charge on any atom is -0.454 e. The zero-order valence-electron chi connectivity index (χ0n) is 6.73. The van der Waals surface area contributed by atoms with Gasteiger partial charge >= 0.3 is 0 Å². The van der Waals surface area contributed by atoms with Crippen molar-refractivity contribution in [3.63, 3.8) is 0 Å². The highest BCUT2D eigenvalue weighted by atomic mass is 16.7. The minimum absolute atomic E-state index is 0.180. The third kappa shape index (κ3) is 1.14. The van der Waals surface area contributed by atoms with E-state index in [9.17, 15) is 0 Å². The summed E-state index contributed by atoms with van der Waals surface area (Å²) in [5.74, 6) is 1.13. The standard InChI is InChI=1S/C8H8N2O3/c9-7-5(3-10-11)1-2-6-8(7)13-4-12-6/h1-3,11H,4,9H2. The molecule has 0 aromatic heterocycles. The van der Waals surface area contributed by atoms with Crippen molar-refractivity contribution in [1.82, 2.24) is 0 Å². The Morgan fingerprint density at radius 1 is 1.46 bits per heavy atom. The maximum absolute atomic E-state index is 8.33. The van der Waals surface area contributed by atoms with Crippen molar-refractivity contribution >= 4 is 11.9 Å². The molecule has 0 saturated heterocycles. The summed E-state index contributed by atoms with van der Waals surface area (Å²) in [6, 6.07) is 3.41. The number of nitrogens with two attached hydrogens (primary N) is 1. The lowest BCUT2D eigenvalue weighted by Crippen LogP contribution is -1.96. The highest BCUT2D eigenvalue weighted by Gasteiger charge is 2.17. The van der Waals surface area contributed by atoms with Gasteiger partial charge in [0.15, 0.2) is 11.5 Å². The van der Waals surface area contributed by atoms with Gasteiger partial charge in [0.25, 0.3) is 0 Å². The summed E-state index contributed by atoms with van der Waals surface area (Å²) in [7, 11) is 0. The Bertz CT molecular complexity index is 363. The lowest BCUT2D eigenvalue weighted by molar-refractivity contribution is 0.174. The zero-order valence-corrected chi connectivity index (χ0v) is 6.73. The fourth-order valence-corrected chi connectivity index (χ4v) is 1.18. The van der Waals surface area contributed by atoms with Crippen LogP contribution in [0.4, 0.5) is 5.69 Å². The van der Waals surface area contributed by atoms with Gasteiger partial charge in [0, 0.05) is 5.56 Å². The maximum Gasteiger partial charge on any atom is 0.231 e. The molecule has 0 bridgehead atoms. The number of oxime groups is 1. The Hall–Kier alpha value is -1.91. The molecule has 5 heteroatoms. The van der Waals surface area contributed by atoms with E-state index in [2.05, 4.69) is 5.16 Å². The maximum atomic E-state index is 8.33. The van der Waals surface area contributed by atoms with Crippen LogP contribution in [0, 0.1) is 0 Å². The Morgan fingerprint density at radius 2 is 2.31 bits per heavy atom. The number of nitrogen functional groups attached to an aromatic ring is 1. The van der Waals surface area contributed by atoms with Gasteiger partial charge in [0.2, 0.25) is 6.79 Å². The molecule has 2 rings (SSSR count). The topological polar surface area (TPSA) is 77.1 Å². The first kappa shape index (κ1) is 7.72. The number of fused-ring (bicyclic) bond motifs is 1. The number of anilines is 1. The SMILES string of the molecule is Nc1c(C=NO)ccc2c1OCO2. The van der Waals surface area contributed by atoms with Gasteiger partial charge in [-0.1, -0.05) is 5.16 Å². The predicted octanol–water partition coefficient (Wildman–Crippen LogP) is 0.806. The van der Waals surface area contributed by atoms with Gasteiger partial charge in [-0.2, -0.15) is 0 Å². The second-order valence-electron chi connectivity index (χ2n) is 2.55.